The van der Waals surface area contributed by atoms with E-state index in [1.807, 2.05) is 24.3 Å². The smallest absolute Gasteiger partial charge is 0.198 e. The highest BCUT2D eigenvalue weighted by Gasteiger charge is 2.11. The van der Waals surface area contributed by atoms with E-state index in [-0.39, 0.29) is 0 Å². The van der Waals surface area contributed by atoms with Gasteiger partial charge in [-0.1, -0.05) is 12.1 Å². The highest BCUT2D eigenvalue weighted by molar-refractivity contribution is 9.10. The Hall–Kier alpha value is -1.03. The topological polar surface area (TPSA) is 27.6 Å². The quantitative estimate of drug-likeness (QED) is 0.847. The number of guanidine groups is 1. The summed E-state index contributed by atoms with van der Waals surface area (Å²) in [7, 11) is 2.06. The molecule has 0 aromatic heterocycles. The second-order valence-electron chi connectivity index (χ2n) is 3.59. The Morgan fingerprint density at radius 2 is 2.20 bits per heavy atom. The molecule has 0 fully saturated rings. The number of aliphatic imine (C=N–C) groups is 1. The van der Waals surface area contributed by atoms with Crippen LogP contribution >= 0.6 is 15.9 Å². The van der Waals surface area contributed by atoms with Gasteiger partial charge in [0.15, 0.2) is 5.96 Å². The van der Waals surface area contributed by atoms with Crippen molar-refractivity contribution in [3.63, 3.8) is 0 Å². The number of nitrogens with one attached hydrogen (secondary N) is 1. The Kier molecular flexibility index (Phi) is 3.26. The van der Waals surface area contributed by atoms with Gasteiger partial charge in [0.1, 0.15) is 0 Å². The fourth-order valence-corrected chi connectivity index (χ4v) is 1.92. The number of benzene rings is 1. The summed E-state index contributed by atoms with van der Waals surface area (Å²) < 4.78 is 1.06. The fourth-order valence-electron chi connectivity index (χ4n) is 1.54. The van der Waals surface area contributed by atoms with Gasteiger partial charge in [-0.05, 0) is 34.5 Å². The molecule has 0 unspecified atom stereocenters. The van der Waals surface area contributed by atoms with Gasteiger partial charge in [-0.15, -0.1) is 0 Å². The summed E-state index contributed by atoms with van der Waals surface area (Å²) >= 11 is 3.51. The van der Waals surface area contributed by atoms with E-state index in [1.54, 1.807) is 0 Å². The number of nitrogens with zero attached hydrogens (tertiary/aromatic N) is 2. The number of halogens is 1. The molecular formula is C11H14BrN3. The molecule has 2 rings (SSSR count). The molecule has 80 valence electrons. The number of para-hydroxylation sites is 1. The maximum atomic E-state index is 4.46. The molecule has 0 aliphatic carbocycles. The lowest BCUT2D eigenvalue weighted by atomic mass is 10.3. The summed E-state index contributed by atoms with van der Waals surface area (Å²) in [5.74, 6) is 0.952. The number of anilines is 1. The minimum Gasteiger partial charge on any atom is -0.346 e. The molecule has 3 nitrogen and oxygen atoms in total. The normalized spacial score (nSPS) is 16.1. The van der Waals surface area contributed by atoms with Crippen LogP contribution in [0.4, 0.5) is 5.69 Å². The Balaban J connectivity index is 2.15. The monoisotopic (exact) mass is 267 g/mol. The van der Waals surface area contributed by atoms with E-state index in [1.165, 1.54) is 0 Å². The third-order valence-corrected chi connectivity index (χ3v) is 3.09. The van der Waals surface area contributed by atoms with Crippen LogP contribution in [-0.2, 0) is 0 Å². The second-order valence-corrected chi connectivity index (χ2v) is 4.44. The second kappa shape index (κ2) is 4.66. The summed E-state index contributed by atoms with van der Waals surface area (Å²) in [6, 6.07) is 8.07. The van der Waals surface area contributed by atoms with Gasteiger partial charge in [0, 0.05) is 24.6 Å². The number of hydrogen-bond donors (Lipinski definition) is 1. The Morgan fingerprint density at radius 3 is 2.93 bits per heavy atom. The number of rotatable bonds is 1. The van der Waals surface area contributed by atoms with E-state index < -0.39 is 0 Å². The van der Waals surface area contributed by atoms with E-state index in [4.69, 9.17) is 0 Å². The van der Waals surface area contributed by atoms with Gasteiger partial charge in [-0.2, -0.15) is 0 Å². The largest absolute Gasteiger partial charge is 0.346 e. The zero-order valence-corrected chi connectivity index (χ0v) is 10.3. The average Bonchev–Trinajstić information content (AvgIpc) is 2.24. The first-order valence-corrected chi connectivity index (χ1v) is 5.84. The molecule has 1 heterocycles. The lowest BCUT2D eigenvalue weighted by Gasteiger charge is -2.25. The molecule has 0 amide bonds. The average molecular weight is 268 g/mol. The minimum atomic E-state index is 0.914. The summed E-state index contributed by atoms with van der Waals surface area (Å²) in [5.41, 5.74) is 1.06. The van der Waals surface area contributed by atoms with Crippen LogP contribution < -0.4 is 5.32 Å². The molecule has 1 aromatic rings. The van der Waals surface area contributed by atoms with Gasteiger partial charge >= 0.3 is 0 Å². The van der Waals surface area contributed by atoms with E-state index in [0.717, 1.165) is 35.6 Å². The molecule has 1 aliphatic rings. The predicted molar refractivity (Wildman–Crippen MR) is 67.3 cm³/mol. The molecule has 0 saturated heterocycles. The lowest BCUT2D eigenvalue weighted by Crippen LogP contribution is -2.37. The maximum absolute atomic E-state index is 4.46. The van der Waals surface area contributed by atoms with Crippen LogP contribution in [0.5, 0.6) is 0 Å². The van der Waals surface area contributed by atoms with Crippen LogP contribution in [-0.4, -0.2) is 31.0 Å². The molecule has 1 aliphatic heterocycles. The molecule has 0 spiro atoms. The lowest BCUT2D eigenvalue weighted by molar-refractivity contribution is 0.466. The van der Waals surface area contributed by atoms with Crippen molar-refractivity contribution >= 4 is 27.6 Å². The predicted octanol–water partition coefficient (Wildman–Crippen LogP) is 2.55. The van der Waals surface area contributed by atoms with E-state index in [0.29, 0.717) is 0 Å². The molecule has 4 heteroatoms. The van der Waals surface area contributed by atoms with Gasteiger partial charge in [0.25, 0.3) is 0 Å². The van der Waals surface area contributed by atoms with Crippen molar-refractivity contribution < 1.29 is 0 Å². The zero-order chi connectivity index (χ0) is 10.7. The van der Waals surface area contributed by atoms with Crippen molar-refractivity contribution in [2.75, 3.05) is 25.5 Å². The first kappa shape index (κ1) is 10.5. The SMILES string of the molecule is CN1CCCN=C1Nc1ccccc1Br. The Morgan fingerprint density at radius 1 is 1.40 bits per heavy atom. The van der Waals surface area contributed by atoms with Crippen molar-refractivity contribution in [2.45, 2.75) is 6.42 Å². The highest BCUT2D eigenvalue weighted by atomic mass is 79.9. The standard InChI is InChI=1S/C11H14BrN3/c1-15-8-4-7-13-11(15)14-10-6-3-2-5-9(10)12/h2-3,5-6H,4,7-8H2,1H3,(H,13,14). The summed E-state index contributed by atoms with van der Waals surface area (Å²) in [6.45, 7) is 1.98. The summed E-state index contributed by atoms with van der Waals surface area (Å²) in [5, 5.41) is 3.33. The molecule has 0 atom stereocenters. The van der Waals surface area contributed by atoms with Crippen LogP contribution in [0.1, 0.15) is 6.42 Å². The Labute approximate surface area is 98.3 Å². The zero-order valence-electron chi connectivity index (χ0n) is 8.70. The van der Waals surface area contributed by atoms with Gasteiger partial charge in [-0.25, -0.2) is 0 Å². The van der Waals surface area contributed by atoms with Gasteiger partial charge in [0.2, 0.25) is 0 Å². The van der Waals surface area contributed by atoms with Crippen molar-refractivity contribution in [3.8, 4) is 0 Å². The highest BCUT2D eigenvalue weighted by Crippen LogP contribution is 2.21. The van der Waals surface area contributed by atoms with Gasteiger partial charge in [-0.3, -0.25) is 4.99 Å². The fraction of sp³-hybridized carbons (Fsp3) is 0.364. The van der Waals surface area contributed by atoms with E-state index in [2.05, 4.69) is 38.2 Å². The molecule has 1 aromatic carbocycles. The van der Waals surface area contributed by atoms with Crippen molar-refractivity contribution in [2.24, 2.45) is 4.99 Å². The van der Waals surface area contributed by atoms with Crippen molar-refractivity contribution in [1.29, 1.82) is 0 Å². The molecule has 0 bridgehead atoms. The first-order chi connectivity index (χ1) is 7.27. The minimum absolute atomic E-state index is 0.914. The van der Waals surface area contributed by atoms with Crippen LogP contribution in [0.2, 0.25) is 0 Å². The summed E-state index contributed by atoms with van der Waals surface area (Å²) in [4.78, 5) is 6.60. The Bertz CT molecular complexity index is 376. The third kappa shape index (κ3) is 2.50. The van der Waals surface area contributed by atoms with Crippen LogP contribution in [0.25, 0.3) is 0 Å². The molecule has 0 saturated carbocycles. The first-order valence-electron chi connectivity index (χ1n) is 5.04. The van der Waals surface area contributed by atoms with Crippen LogP contribution in [0.15, 0.2) is 33.7 Å². The molecule has 0 radical (unpaired) electrons. The number of hydrogen-bond acceptors (Lipinski definition) is 3. The van der Waals surface area contributed by atoms with Crippen LogP contribution in [0.3, 0.4) is 0 Å². The van der Waals surface area contributed by atoms with Crippen molar-refractivity contribution in [1.82, 2.24) is 4.90 Å². The van der Waals surface area contributed by atoms with Gasteiger partial charge in [0.05, 0.1) is 5.69 Å². The molecular weight excluding hydrogens is 254 g/mol. The maximum Gasteiger partial charge on any atom is 0.198 e. The van der Waals surface area contributed by atoms with Crippen molar-refractivity contribution in [3.05, 3.63) is 28.7 Å². The molecule has 1 N–H and O–H groups in total. The molecule has 15 heavy (non-hydrogen) atoms. The third-order valence-electron chi connectivity index (χ3n) is 2.40. The van der Waals surface area contributed by atoms with E-state index in [9.17, 15) is 0 Å². The van der Waals surface area contributed by atoms with E-state index >= 15 is 0 Å². The van der Waals surface area contributed by atoms with Gasteiger partial charge < -0.3 is 10.2 Å². The van der Waals surface area contributed by atoms with Crippen LogP contribution in [0, 0.1) is 0 Å². The summed E-state index contributed by atoms with van der Waals surface area (Å²) in [6.07, 6.45) is 1.14.